The van der Waals surface area contributed by atoms with Gasteiger partial charge in [0.25, 0.3) is 0 Å². The molecule has 1 aliphatic carbocycles. The monoisotopic (exact) mass is 290 g/mol. The minimum absolute atomic E-state index is 0.203. The van der Waals surface area contributed by atoms with Crippen LogP contribution in [0.5, 0.6) is 0 Å². The first kappa shape index (κ1) is 14.2. The lowest BCUT2D eigenvalue weighted by Gasteiger charge is -2.14. The highest BCUT2D eigenvalue weighted by molar-refractivity contribution is 7.89. The van der Waals surface area contributed by atoms with Crippen molar-refractivity contribution in [1.82, 2.24) is 4.72 Å². The first-order valence-electron chi connectivity index (χ1n) is 6.06. The van der Waals surface area contributed by atoms with Gasteiger partial charge in [0.2, 0.25) is 10.0 Å². The molecule has 2 unspecified atom stereocenters. The van der Waals surface area contributed by atoms with E-state index in [9.17, 15) is 17.2 Å². The van der Waals surface area contributed by atoms with Crippen molar-refractivity contribution in [3.8, 4) is 0 Å². The minimum atomic E-state index is -4.01. The van der Waals surface area contributed by atoms with E-state index in [2.05, 4.69) is 4.72 Å². The van der Waals surface area contributed by atoms with E-state index in [0.29, 0.717) is 12.0 Å². The molecule has 0 bridgehead atoms. The van der Waals surface area contributed by atoms with E-state index in [1.54, 1.807) is 0 Å². The average Bonchev–Trinajstić information content (AvgIpc) is 2.68. The molecule has 1 aromatic carbocycles. The molecule has 0 aliphatic heterocycles. The van der Waals surface area contributed by atoms with Crippen LogP contribution in [0, 0.1) is 17.6 Å². The summed E-state index contributed by atoms with van der Waals surface area (Å²) in [6.45, 7) is 2.03. The molecule has 2 rings (SSSR count). The Hall–Kier alpha value is -1.21. The van der Waals surface area contributed by atoms with Crippen molar-refractivity contribution in [3.63, 3.8) is 0 Å². The van der Waals surface area contributed by atoms with Crippen LogP contribution < -0.4 is 10.5 Å². The largest absolute Gasteiger partial charge is 0.396 e. The third-order valence-electron chi connectivity index (χ3n) is 3.36. The molecule has 106 valence electrons. The molecule has 1 fully saturated rings. The highest BCUT2D eigenvalue weighted by atomic mass is 32.2. The molecule has 1 saturated carbocycles. The van der Waals surface area contributed by atoms with Gasteiger partial charge in [0.15, 0.2) is 0 Å². The molecule has 1 aromatic rings. The minimum Gasteiger partial charge on any atom is -0.396 e. The molecule has 1 aliphatic rings. The molecular weight excluding hydrogens is 274 g/mol. The van der Waals surface area contributed by atoms with Crippen molar-refractivity contribution in [3.05, 3.63) is 23.8 Å². The number of hydrogen-bond donors (Lipinski definition) is 2. The Morgan fingerprint density at radius 1 is 1.26 bits per heavy atom. The topological polar surface area (TPSA) is 72.2 Å². The van der Waals surface area contributed by atoms with Gasteiger partial charge in [0.05, 0.1) is 5.69 Å². The van der Waals surface area contributed by atoms with E-state index >= 15 is 0 Å². The summed E-state index contributed by atoms with van der Waals surface area (Å²) >= 11 is 0. The zero-order chi connectivity index (χ0) is 14.2. The zero-order valence-electron chi connectivity index (χ0n) is 10.5. The number of rotatable bonds is 3. The van der Waals surface area contributed by atoms with Crippen molar-refractivity contribution in [2.45, 2.75) is 37.1 Å². The molecule has 19 heavy (non-hydrogen) atoms. The highest BCUT2D eigenvalue weighted by Crippen LogP contribution is 2.27. The van der Waals surface area contributed by atoms with Gasteiger partial charge in [-0.05, 0) is 31.2 Å². The molecule has 4 nitrogen and oxygen atoms in total. The van der Waals surface area contributed by atoms with Gasteiger partial charge in [-0.1, -0.05) is 6.92 Å². The fourth-order valence-electron chi connectivity index (χ4n) is 2.35. The number of halogens is 2. The highest BCUT2D eigenvalue weighted by Gasteiger charge is 2.28. The second kappa shape index (κ2) is 5.05. The summed E-state index contributed by atoms with van der Waals surface area (Å²) in [6.07, 6.45) is 2.37. The van der Waals surface area contributed by atoms with Crippen LogP contribution >= 0.6 is 0 Å². The predicted octanol–water partition coefficient (Wildman–Crippen LogP) is 2.01. The molecule has 0 amide bonds. The van der Waals surface area contributed by atoms with Crippen LogP contribution in [0.25, 0.3) is 0 Å². The maximum absolute atomic E-state index is 13.6. The normalized spacial score (nSPS) is 23.7. The summed E-state index contributed by atoms with van der Waals surface area (Å²) in [7, 11) is -4.01. The van der Waals surface area contributed by atoms with Gasteiger partial charge >= 0.3 is 0 Å². The Kier molecular flexibility index (Phi) is 3.78. The van der Waals surface area contributed by atoms with E-state index in [4.69, 9.17) is 5.73 Å². The lowest BCUT2D eigenvalue weighted by Crippen LogP contribution is -2.33. The number of nitrogens with one attached hydrogen (secondary N) is 1. The number of sulfonamides is 1. The molecule has 0 radical (unpaired) electrons. The van der Waals surface area contributed by atoms with Crippen LogP contribution in [0.4, 0.5) is 14.5 Å². The van der Waals surface area contributed by atoms with E-state index in [1.807, 2.05) is 6.92 Å². The SMILES string of the molecule is CC1CCC(NS(=O)(=O)c2cc(N)c(F)cc2F)C1. The molecule has 7 heteroatoms. The van der Waals surface area contributed by atoms with Gasteiger partial charge in [-0.15, -0.1) is 0 Å². The molecule has 0 aromatic heterocycles. The Balaban J connectivity index is 2.27. The Morgan fingerprint density at radius 2 is 1.95 bits per heavy atom. The molecule has 0 spiro atoms. The third-order valence-corrected chi connectivity index (χ3v) is 4.89. The van der Waals surface area contributed by atoms with Gasteiger partial charge < -0.3 is 5.73 Å². The summed E-state index contributed by atoms with van der Waals surface area (Å²) in [5.41, 5.74) is 4.90. The fourth-order valence-corrected chi connectivity index (χ4v) is 3.73. The second-order valence-electron chi connectivity index (χ2n) is 5.04. The van der Waals surface area contributed by atoms with Gasteiger partial charge in [0, 0.05) is 12.1 Å². The Bertz CT molecular complexity index is 590. The second-order valence-corrected chi connectivity index (χ2v) is 6.72. The van der Waals surface area contributed by atoms with Gasteiger partial charge in [-0.3, -0.25) is 0 Å². The average molecular weight is 290 g/mol. The van der Waals surface area contributed by atoms with E-state index in [0.717, 1.165) is 25.3 Å². The summed E-state index contributed by atoms with van der Waals surface area (Å²) in [4.78, 5) is -0.606. The van der Waals surface area contributed by atoms with Crippen molar-refractivity contribution in [2.75, 3.05) is 5.73 Å². The van der Waals surface area contributed by atoms with Crippen LogP contribution in [-0.4, -0.2) is 14.5 Å². The fraction of sp³-hybridized carbons (Fsp3) is 0.500. The van der Waals surface area contributed by atoms with Crippen molar-refractivity contribution < 1.29 is 17.2 Å². The van der Waals surface area contributed by atoms with Crippen molar-refractivity contribution in [1.29, 1.82) is 0 Å². The van der Waals surface area contributed by atoms with E-state index in [-0.39, 0.29) is 11.7 Å². The van der Waals surface area contributed by atoms with Gasteiger partial charge in [0.1, 0.15) is 16.5 Å². The number of nitrogen functional groups attached to an aromatic ring is 1. The standard InChI is InChI=1S/C12H16F2N2O2S/c1-7-2-3-8(4-7)16-19(17,18)12-6-11(15)9(13)5-10(12)14/h5-8,16H,2-4,15H2,1H3. The Labute approximate surface area is 111 Å². The first-order chi connectivity index (χ1) is 8.79. The summed E-state index contributed by atoms with van der Waals surface area (Å²) in [6, 6.07) is 1.10. The molecule has 0 saturated heterocycles. The van der Waals surface area contributed by atoms with Crippen LogP contribution in [0.1, 0.15) is 26.2 Å². The van der Waals surface area contributed by atoms with E-state index in [1.165, 1.54) is 0 Å². The van der Waals surface area contributed by atoms with Crippen LogP contribution in [0.2, 0.25) is 0 Å². The summed E-state index contributed by atoms with van der Waals surface area (Å²) < 4.78 is 53.1. The number of anilines is 1. The molecular formula is C12H16F2N2O2S. The first-order valence-corrected chi connectivity index (χ1v) is 7.55. The maximum atomic E-state index is 13.6. The van der Waals surface area contributed by atoms with Gasteiger partial charge in [-0.2, -0.15) is 0 Å². The lowest BCUT2D eigenvalue weighted by atomic mass is 10.1. The summed E-state index contributed by atoms with van der Waals surface area (Å²) in [5.74, 6) is -1.66. The zero-order valence-corrected chi connectivity index (χ0v) is 11.3. The molecule has 3 N–H and O–H groups in total. The number of nitrogens with two attached hydrogens (primary N) is 1. The molecule has 2 atom stereocenters. The predicted molar refractivity (Wildman–Crippen MR) is 67.9 cm³/mol. The maximum Gasteiger partial charge on any atom is 0.243 e. The van der Waals surface area contributed by atoms with Crippen LogP contribution in [0.15, 0.2) is 17.0 Å². The smallest absolute Gasteiger partial charge is 0.243 e. The number of benzene rings is 1. The van der Waals surface area contributed by atoms with Crippen molar-refractivity contribution in [2.24, 2.45) is 5.92 Å². The quantitative estimate of drug-likeness (QED) is 0.836. The third kappa shape index (κ3) is 3.03. The van der Waals surface area contributed by atoms with Crippen molar-refractivity contribution >= 4 is 15.7 Å². The summed E-state index contributed by atoms with van der Waals surface area (Å²) in [5, 5.41) is 0. The molecule has 0 heterocycles. The lowest BCUT2D eigenvalue weighted by molar-refractivity contribution is 0.523. The van der Waals surface area contributed by atoms with E-state index < -0.39 is 26.6 Å². The van der Waals surface area contributed by atoms with Gasteiger partial charge in [-0.25, -0.2) is 21.9 Å². The Morgan fingerprint density at radius 3 is 2.53 bits per heavy atom. The van der Waals surface area contributed by atoms with Crippen LogP contribution in [0.3, 0.4) is 0 Å². The van der Waals surface area contributed by atoms with Crippen LogP contribution in [-0.2, 0) is 10.0 Å². The number of hydrogen-bond acceptors (Lipinski definition) is 3.